The monoisotopic (exact) mass is 223 g/mol. The van der Waals surface area contributed by atoms with Gasteiger partial charge in [-0.25, -0.2) is 0 Å². The van der Waals surface area contributed by atoms with E-state index in [1.165, 1.54) is 0 Å². The van der Waals surface area contributed by atoms with Crippen LogP contribution in [0.4, 0.5) is 0 Å². The predicted octanol–water partition coefficient (Wildman–Crippen LogP) is 1.65. The molecule has 90 valence electrons. The van der Waals surface area contributed by atoms with Crippen LogP contribution in [0.25, 0.3) is 0 Å². The van der Waals surface area contributed by atoms with Gasteiger partial charge in [0.1, 0.15) is 5.60 Å². The van der Waals surface area contributed by atoms with Crippen LogP contribution in [0.3, 0.4) is 0 Å². The fraction of sp³-hybridized carbons (Fsp3) is 0.846. The van der Waals surface area contributed by atoms with Gasteiger partial charge in [0.25, 0.3) is 0 Å². The lowest BCUT2D eigenvalue weighted by Gasteiger charge is -2.60. The Hall–Kier alpha value is -0.560. The molecule has 0 aromatic rings. The fourth-order valence-corrected chi connectivity index (χ4v) is 3.56. The second kappa shape index (κ2) is 3.73. The topological polar surface area (TPSA) is 43.3 Å². The first kappa shape index (κ1) is 11.9. The Balaban J connectivity index is 2.35. The number of piperidine rings is 1. The Morgan fingerprint density at radius 3 is 2.69 bits per heavy atom. The van der Waals surface area contributed by atoms with Crippen LogP contribution in [0.15, 0.2) is 0 Å². The minimum atomic E-state index is -1.05. The molecule has 2 fully saturated rings. The molecule has 5 atom stereocenters. The molecule has 1 saturated heterocycles. The van der Waals surface area contributed by atoms with E-state index in [2.05, 4.69) is 5.92 Å². The maximum atomic E-state index is 12.6. The van der Waals surface area contributed by atoms with Crippen LogP contribution in [0.1, 0.15) is 39.0 Å². The largest absolute Gasteiger partial charge is 0.633 e. The molecule has 3 heteroatoms. The molecule has 0 radical (unpaired) electrons. The lowest BCUT2D eigenvalue weighted by atomic mass is 9.67. The van der Waals surface area contributed by atoms with Crippen molar-refractivity contribution in [2.24, 2.45) is 5.92 Å². The van der Waals surface area contributed by atoms with Gasteiger partial charge in [-0.15, -0.1) is 6.42 Å². The van der Waals surface area contributed by atoms with Crippen molar-refractivity contribution in [2.75, 3.05) is 7.05 Å². The molecule has 0 aromatic carbocycles. The van der Waals surface area contributed by atoms with Gasteiger partial charge in [-0.2, -0.15) is 0 Å². The average molecular weight is 223 g/mol. The Kier molecular flexibility index (Phi) is 2.78. The molecule has 2 rings (SSSR count). The van der Waals surface area contributed by atoms with Crippen LogP contribution in [0, 0.1) is 23.5 Å². The van der Waals surface area contributed by atoms with Crippen molar-refractivity contribution in [2.45, 2.75) is 56.7 Å². The second-order valence-corrected chi connectivity index (χ2v) is 5.64. The summed E-state index contributed by atoms with van der Waals surface area (Å²) in [7, 11) is 1.74. The summed E-state index contributed by atoms with van der Waals surface area (Å²) in [6.45, 7) is 1.90. The molecule has 0 bridgehead atoms. The Bertz CT molecular complexity index is 320. The lowest BCUT2D eigenvalue weighted by Crippen LogP contribution is -2.67. The van der Waals surface area contributed by atoms with Crippen molar-refractivity contribution < 1.29 is 9.75 Å². The van der Waals surface area contributed by atoms with E-state index in [4.69, 9.17) is 6.42 Å². The van der Waals surface area contributed by atoms with Crippen LogP contribution in [-0.2, 0) is 0 Å². The molecule has 1 N–H and O–H groups in total. The van der Waals surface area contributed by atoms with Crippen molar-refractivity contribution >= 4 is 0 Å². The molecule has 0 spiro atoms. The summed E-state index contributed by atoms with van der Waals surface area (Å²) in [4.78, 5) is 0. The van der Waals surface area contributed by atoms with E-state index in [9.17, 15) is 10.3 Å². The number of hydroxylamine groups is 3. The maximum absolute atomic E-state index is 12.6. The van der Waals surface area contributed by atoms with Crippen LogP contribution < -0.4 is 0 Å². The van der Waals surface area contributed by atoms with Gasteiger partial charge in [0.05, 0.1) is 25.0 Å². The molecule has 1 aliphatic carbocycles. The highest BCUT2D eigenvalue weighted by molar-refractivity contribution is 5.15. The summed E-state index contributed by atoms with van der Waals surface area (Å²) >= 11 is 0. The number of nitrogens with zero attached hydrogens (tertiary/aromatic N) is 1. The third kappa shape index (κ3) is 1.57. The normalized spacial score (nSPS) is 52.8. The van der Waals surface area contributed by atoms with Crippen molar-refractivity contribution in [3.05, 3.63) is 5.21 Å². The minimum Gasteiger partial charge on any atom is -0.633 e. The highest BCUT2D eigenvalue weighted by Gasteiger charge is 2.54. The number of rotatable bonds is 0. The van der Waals surface area contributed by atoms with E-state index in [-0.39, 0.29) is 22.6 Å². The van der Waals surface area contributed by atoms with Crippen LogP contribution >= 0.6 is 0 Å². The molecule has 1 aliphatic heterocycles. The van der Waals surface area contributed by atoms with Crippen molar-refractivity contribution in [3.63, 3.8) is 0 Å². The summed E-state index contributed by atoms with van der Waals surface area (Å²) in [6, 6.07) is -0.126. The molecule has 1 saturated carbocycles. The quantitative estimate of drug-likeness (QED) is 0.385. The van der Waals surface area contributed by atoms with Crippen molar-refractivity contribution in [1.82, 2.24) is 0 Å². The molecule has 16 heavy (non-hydrogen) atoms. The highest BCUT2D eigenvalue weighted by atomic mass is 16.5. The smallest absolute Gasteiger partial charge is 0.139 e. The van der Waals surface area contributed by atoms with Crippen LogP contribution in [-0.4, -0.2) is 34.5 Å². The van der Waals surface area contributed by atoms with Crippen LogP contribution in [0.2, 0.25) is 0 Å². The number of terminal acetylenes is 1. The van der Waals surface area contributed by atoms with Crippen molar-refractivity contribution in [1.29, 1.82) is 0 Å². The first-order chi connectivity index (χ1) is 7.42. The molecule has 1 heterocycles. The Morgan fingerprint density at radius 2 is 2.06 bits per heavy atom. The Labute approximate surface area is 97.6 Å². The minimum absolute atomic E-state index is 0.00931. The second-order valence-electron chi connectivity index (χ2n) is 5.64. The molecule has 5 unspecified atom stereocenters. The zero-order valence-corrected chi connectivity index (χ0v) is 10.1. The number of hydrogen-bond donors (Lipinski definition) is 1. The molecule has 3 nitrogen and oxygen atoms in total. The van der Waals surface area contributed by atoms with Gasteiger partial charge in [0, 0.05) is 12.8 Å². The Morgan fingerprint density at radius 1 is 1.44 bits per heavy atom. The number of quaternary nitrogens is 1. The molecule has 2 aliphatic rings. The highest BCUT2D eigenvalue weighted by Crippen LogP contribution is 2.46. The number of hydrogen-bond acceptors (Lipinski definition) is 2. The number of likely N-dealkylation sites (tertiary alicyclic amines) is 1. The van der Waals surface area contributed by atoms with Gasteiger partial charge >= 0.3 is 0 Å². The number of fused-ring (bicyclic) bond motifs is 1. The van der Waals surface area contributed by atoms with Gasteiger partial charge in [0.15, 0.2) is 0 Å². The van der Waals surface area contributed by atoms with E-state index >= 15 is 0 Å². The standard InChI is InChI=1S/C13H21NO2/c1-4-13(15)9-10(2)14(3,16)12-8-6-5-7-11(12)13/h1,10-12,15H,5-9H2,2-3H3. The summed E-state index contributed by atoms with van der Waals surface area (Å²) in [5.41, 5.74) is -1.05. The van der Waals surface area contributed by atoms with Gasteiger partial charge in [-0.05, 0) is 19.8 Å². The van der Waals surface area contributed by atoms with E-state index in [0.29, 0.717) is 6.42 Å². The summed E-state index contributed by atoms with van der Waals surface area (Å²) < 4.78 is -0.228. The van der Waals surface area contributed by atoms with Gasteiger partial charge < -0.3 is 15.0 Å². The predicted molar refractivity (Wildman–Crippen MR) is 63.2 cm³/mol. The average Bonchev–Trinajstić information content (AvgIpc) is 2.27. The van der Waals surface area contributed by atoms with Crippen LogP contribution in [0.5, 0.6) is 0 Å². The third-order valence-electron chi connectivity index (χ3n) is 4.73. The summed E-state index contributed by atoms with van der Waals surface area (Å²) in [5, 5.41) is 23.1. The summed E-state index contributed by atoms with van der Waals surface area (Å²) in [6.07, 6.45) is 9.89. The summed E-state index contributed by atoms with van der Waals surface area (Å²) in [5.74, 6) is 2.55. The first-order valence-electron chi connectivity index (χ1n) is 6.19. The lowest BCUT2D eigenvalue weighted by molar-refractivity contribution is -0.923. The van der Waals surface area contributed by atoms with E-state index in [1.54, 1.807) is 7.05 Å². The molecule has 0 aromatic heterocycles. The van der Waals surface area contributed by atoms with Gasteiger partial charge in [-0.1, -0.05) is 12.3 Å². The van der Waals surface area contributed by atoms with E-state index in [0.717, 1.165) is 25.7 Å². The molecule has 0 amide bonds. The molecular weight excluding hydrogens is 202 g/mol. The van der Waals surface area contributed by atoms with E-state index < -0.39 is 5.60 Å². The SMILES string of the molecule is C#CC1(O)CC(C)[N+](C)([O-])C2CCCCC21. The van der Waals surface area contributed by atoms with Crippen molar-refractivity contribution in [3.8, 4) is 12.3 Å². The van der Waals surface area contributed by atoms with Gasteiger partial charge in [0.2, 0.25) is 0 Å². The first-order valence-corrected chi connectivity index (χ1v) is 6.19. The van der Waals surface area contributed by atoms with Gasteiger partial charge in [-0.3, -0.25) is 0 Å². The zero-order valence-electron chi connectivity index (χ0n) is 10.1. The fourth-order valence-electron chi connectivity index (χ4n) is 3.56. The molecular formula is C13H21NO2. The third-order valence-corrected chi connectivity index (χ3v) is 4.73. The maximum Gasteiger partial charge on any atom is 0.139 e. The number of aliphatic hydroxyl groups is 1. The van der Waals surface area contributed by atoms with E-state index in [1.807, 2.05) is 6.92 Å². The zero-order chi connectivity index (χ0) is 12.0.